The maximum Gasteiger partial charge on any atom is 0.348 e. The second kappa shape index (κ2) is 4.75. The van der Waals surface area contributed by atoms with E-state index in [0.717, 1.165) is 11.3 Å². The van der Waals surface area contributed by atoms with Gasteiger partial charge in [-0.2, -0.15) is 0 Å². The minimum atomic E-state index is -0.344. The predicted molar refractivity (Wildman–Crippen MR) is 73.2 cm³/mol. The number of imidazole rings is 1. The topological polar surface area (TPSA) is 64.4 Å². The Balaban J connectivity index is 2.15. The fourth-order valence-electron chi connectivity index (χ4n) is 2.25. The third kappa shape index (κ3) is 1.82. The van der Waals surface area contributed by atoms with E-state index >= 15 is 0 Å². The van der Waals surface area contributed by atoms with Crippen LogP contribution in [0.5, 0.6) is 0 Å². The number of thiophene rings is 1. The SMILES string of the molecule is CCOC(=O)c1scc2c1CN(C)C(=O)c1cncn1-2. The van der Waals surface area contributed by atoms with Crippen LogP contribution >= 0.6 is 11.3 Å². The molecule has 0 unspecified atom stereocenters. The summed E-state index contributed by atoms with van der Waals surface area (Å²) in [7, 11) is 1.71. The largest absolute Gasteiger partial charge is 0.462 e. The smallest absolute Gasteiger partial charge is 0.348 e. The van der Waals surface area contributed by atoms with Crippen LogP contribution in [-0.4, -0.2) is 40.0 Å². The number of amides is 1. The molecular formula is C13H13N3O3S. The van der Waals surface area contributed by atoms with Crippen LogP contribution in [0.1, 0.15) is 32.6 Å². The van der Waals surface area contributed by atoms with Crippen molar-refractivity contribution >= 4 is 23.2 Å². The van der Waals surface area contributed by atoms with Gasteiger partial charge in [0.15, 0.2) is 0 Å². The lowest BCUT2D eigenvalue weighted by molar-refractivity contribution is 0.0528. The molecule has 1 amide bonds. The summed E-state index contributed by atoms with van der Waals surface area (Å²) >= 11 is 1.33. The number of nitrogens with zero attached hydrogens (tertiary/aromatic N) is 3. The molecule has 0 N–H and O–H groups in total. The Hall–Kier alpha value is -2.15. The molecule has 1 aliphatic rings. The zero-order valence-corrected chi connectivity index (χ0v) is 11.9. The number of hydrogen-bond acceptors (Lipinski definition) is 5. The number of aromatic nitrogens is 2. The first kappa shape index (κ1) is 12.9. The van der Waals surface area contributed by atoms with E-state index in [1.54, 1.807) is 29.8 Å². The van der Waals surface area contributed by atoms with Crippen LogP contribution in [0, 0.1) is 0 Å². The van der Waals surface area contributed by atoms with E-state index in [1.807, 2.05) is 5.38 Å². The molecule has 3 rings (SSSR count). The van der Waals surface area contributed by atoms with Gasteiger partial charge in [0.2, 0.25) is 0 Å². The number of hydrogen-bond donors (Lipinski definition) is 0. The van der Waals surface area contributed by atoms with Gasteiger partial charge in [-0.15, -0.1) is 11.3 Å². The first-order valence-corrected chi connectivity index (χ1v) is 7.07. The van der Waals surface area contributed by atoms with Crippen molar-refractivity contribution < 1.29 is 14.3 Å². The second-order valence-corrected chi connectivity index (χ2v) is 5.34. The molecule has 0 aliphatic carbocycles. The first-order chi connectivity index (χ1) is 9.63. The van der Waals surface area contributed by atoms with Crippen molar-refractivity contribution in [2.75, 3.05) is 13.7 Å². The van der Waals surface area contributed by atoms with Crippen LogP contribution in [0.4, 0.5) is 0 Å². The van der Waals surface area contributed by atoms with Crippen molar-refractivity contribution in [1.29, 1.82) is 0 Å². The highest BCUT2D eigenvalue weighted by atomic mass is 32.1. The van der Waals surface area contributed by atoms with Gasteiger partial charge in [0.05, 0.1) is 24.8 Å². The third-order valence-electron chi connectivity index (χ3n) is 3.19. The molecule has 3 heterocycles. The molecule has 0 spiro atoms. The highest BCUT2D eigenvalue weighted by Crippen LogP contribution is 2.31. The lowest BCUT2D eigenvalue weighted by Gasteiger charge is -2.14. The van der Waals surface area contributed by atoms with Gasteiger partial charge in [0.25, 0.3) is 5.91 Å². The van der Waals surface area contributed by atoms with Gasteiger partial charge in [0, 0.05) is 24.5 Å². The van der Waals surface area contributed by atoms with Gasteiger partial charge in [-0.25, -0.2) is 9.78 Å². The van der Waals surface area contributed by atoms with Gasteiger partial charge < -0.3 is 9.64 Å². The van der Waals surface area contributed by atoms with E-state index < -0.39 is 0 Å². The highest BCUT2D eigenvalue weighted by molar-refractivity contribution is 7.12. The first-order valence-electron chi connectivity index (χ1n) is 6.19. The molecule has 0 fully saturated rings. The molecule has 104 valence electrons. The van der Waals surface area contributed by atoms with Crippen molar-refractivity contribution in [3.8, 4) is 5.69 Å². The number of carbonyl (C=O) groups is 2. The number of rotatable bonds is 2. The molecule has 0 atom stereocenters. The summed E-state index contributed by atoms with van der Waals surface area (Å²) in [5.74, 6) is -0.457. The van der Waals surface area contributed by atoms with E-state index in [0.29, 0.717) is 23.7 Å². The van der Waals surface area contributed by atoms with Crippen LogP contribution in [0.15, 0.2) is 17.9 Å². The van der Waals surface area contributed by atoms with Gasteiger partial charge in [-0.05, 0) is 6.92 Å². The molecule has 0 bridgehead atoms. The summed E-state index contributed by atoms with van der Waals surface area (Å²) in [5.41, 5.74) is 2.13. The van der Waals surface area contributed by atoms with Crippen molar-refractivity contribution in [2.24, 2.45) is 0 Å². The second-order valence-electron chi connectivity index (χ2n) is 4.46. The maximum absolute atomic E-state index is 12.2. The molecular weight excluding hydrogens is 278 g/mol. The van der Waals surface area contributed by atoms with Crippen LogP contribution in [0.2, 0.25) is 0 Å². The van der Waals surface area contributed by atoms with Gasteiger partial charge in [-0.1, -0.05) is 0 Å². The van der Waals surface area contributed by atoms with Crippen LogP contribution in [0.3, 0.4) is 0 Å². The summed E-state index contributed by atoms with van der Waals surface area (Å²) in [4.78, 5) is 30.4. The molecule has 0 saturated carbocycles. The van der Waals surface area contributed by atoms with Crippen molar-refractivity contribution in [1.82, 2.24) is 14.5 Å². The monoisotopic (exact) mass is 291 g/mol. The zero-order chi connectivity index (χ0) is 14.3. The molecule has 1 aliphatic heterocycles. The molecule has 0 aromatic carbocycles. The van der Waals surface area contributed by atoms with E-state index in [2.05, 4.69) is 4.98 Å². The van der Waals surface area contributed by atoms with Gasteiger partial charge in [0.1, 0.15) is 10.6 Å². The number of carbonyl (C=O) groups excluding carboxylic acids is 2. The minimum Gasteiger partial charge on any atom is -0.462 e. The van der Waals surface area contributed by atoms with Crippen LogP contribution in [0.25, 0.3) is 5.69 Å². The summed E-state index contributed by atoms with van der Waals surface area (Å²) in [6.07, 6.45) is 3.13. The van der Waals surface area contributed by atoms with Crippen molar-refractivity contribution in [2.45, 2.75) is 13.5 Å². The van der Waals surface area contributed by atoms with E-state index in [4.69, 9.17) is 4.74 Å². The van der Waals surface area contributed by atoms with Crippen molar-refractivity contribution in [3.05, 3.63) is 34.0 Å². The highest BCUT2D eigenvalue weighted by Gasteiger charge is 2.29. The molecule has 6 nitrogen and oxygen atoms in total. The summed E-state index contributed by atoms with van der Waals surface area (Å²) in [6, 6.07) is 0. The van der Waals surface area contributed by atoms with E-state index in [9.17, 15) is 9.59 Å². The average molecular weight is 291 g/mol. The Labute approximate surface area is 119 Å². The fourth-order valence-corrected chi connectivity index (χ4v) is 3.20. The molecule has 0 saturated heterocycles. The lowest BCUT2D eigenvalue weighted by Crippen LogP contribution is -2.25. The normalized spacial score (nSPS) is 13.7. The molecule has 0 radical (unpaired) electrons. The quantitative estimate of drug-likeness (QED) is 0.790. The molecule has 7 heteroatoms. The average Bonchev–Trinajstić information content (AvgIpc) is 3.02. The Morgan fingerprint density at radius 2 is 2.35 bits per heavy atom. The van der Waals surface area contributed by atoms with Crippen LogP contribution in [-0.2, 0) is 11.3 Å². The van der Waals surface area contributed by atoms with E-state index in [1.165, 1.54) is 17.5 Å². The zero-order valence-electron chi connectivity index (χ0n) is 11.1. The number of esters is 1. The Kier molecular flexibility index (Phi) is 3.06. The van der Waals surface area contributed by atoms with Crippen molar-refractivity contribution in [3.63, 3.8) is 0 Å². The summed E-state index contributed by atoms with van der Waals surface area (Å²) in [5, 5.41) is 1.86. The van der Waals surface area contributed by atoms with Crippen LogP contribution < -0.4 is 0 Å². The minimum absolute atomic E-state index is 0.112. The number of ether oxygens (including phenoxy) is 1. The standard InChI is InChI=1S/C13H13N3O3S/c1-3-19-13(18)11-8-5-15(2)12(17)9-4-14-7-16(9)10(8)6-20-11/h4,6-7H,3,5H2,1-2H3. The maximum atomic E-state index is 12.2. The number of fused-ring (bicyclic) bond motifs is 3. The van der Waals surface area contributed by atoms with Gasteiger partial charge >= 0.3 is 5.97 Å². The molecule has 2 aromatic heterocycles. The lowest BCUT2D eigenvalue weighted by atomic mass is 10.2. The Morgan fingerprint density at radius 3 is 3.10 bits per heavy atom. The van der Waals surface area contributed by atoms with E-state index in [-0.39, 0.29) is 11.9 Å². The predicted octanol–water partition coefficient (Wildman–Crippen LogP) is 1.70. The van der Waals surface area contributed by atoms with Gasteiger partial charge in [-0.3, -0.25) is 9.36 Å². The third-order valence-corrected chi connectivity index (χ3v) is 4.18. The molecule has 2 aromatic rings. The Morgan fingerprint density at radius 1 is 1.55 bits per heavy atom. The summed E-state index contributed by atoms with van der Waals surface area (Å²) in [6.45, 7) is 2.48. The summed E-state index contributed by atoms with van der Waals surface area (Å²) < 4.78 is 6.79. The molecule has 20 heavy (non-hydrogen) atoms. The fraction of sp³-hybridized carbons (Fsp3) is 0.308. The Bertz CT molecular complexity index is 689.